The van der Waals surface area contributed by atoms with Crippen LogP contribution >= 0.6 is 0 Å². The van der Waals surface area contributed by atoms with Gasteiger partial charge in [-0.3, -0.25) is 0 Å². The smallest absolute Gasteiger partial charge is 0.337 e. The molecule has 0 atom stereocenters. The van der Waals surface area contributed by atoms with E-state index in [1.807, 2.05) is 22.8 Å². The SMILES string of the molecule is [N-]=[N+]=NCCCn1cc(C(=O)O)c2ccccc21. The Morgan fingerprint density at radius 1 is 1.44 bits per heavy atom. The molecule has 18 heavy (non-hydrogen) atoms. The van der Waals surface area contributed by atoms with Crippen LogP contribution in [0.15, 0.2) is 35.6 Å². The maximum absolute atomic E-state index is 11.1. The third kappa shape index (κ3) is 2.28. The maximum atomic E-state index is 11.1. The number of nitrogens with zero attached hydrogens (tertiary/aromatic N) is 4. The zero-order chi connectivity index (χ0) is 13.0. The third-order valence-electron chi connectivity index (χ3n) is 2.74. The number of fused-ring (bicyclic) bond motifs is 1. The summed E-state index contributed by atoms with van der Waals surface area (Å²) in [5.41, 5.74) is 9.37. The number of aryl methyl sites for hydroxylation is 1. The molecule has 0 unspecified atom stereocenters. The Kier molecular flexibility index (Phi) is 3.50. The lowest BCUT2D eigenvalue weighted by atomic mass is 10.2. The number of carboxylic acids is 1. The molecule has 2 aromatic rings. The van der Waals surface area contributed by atoms with E-state index in [1.165, 1.54) is 0 Å². The highest BCUT2D eigenvalue weighted by molar-refractivity contribution is 6.03. The standard InChI is InChI=1S/C12H12N4O2/c13-15-14-6-3-7-16-8-10(12(17)18)9-4-1-2-5-11(9)16/h1-2,4-5,8H,3,6-7H2,(H,17,18). The van der Waals surface area contributed by atoms with E-state index in [4.69, 9.17) is 10.6 Å². The lowest BCUT2D eigenvalue weighted by molar-refractivity contribution is 0.0699. The topological polar surface area (TPSA) is 91.0 Å². The van der Waals surface area contributed by atoms with Crippen molar-refractivity contribution in [2.45, 2.75) is 13.0 Å². The average Bonchev–Trinajstić information content (AvgIpc) is 2.74. The molecular formula is C12H12N4O2. The van der Waals surface area contributed by atoms with Crippen LogP contribution in [0.1, 0.15) is 16.8 Å². The molecule has 0 fully saturated rings. The molecule has 1 N–H and O–H groups in total. The Morgan fingerprint density at radius 2 is 2.22 bits per heavy atom. The van der Waals surface area contributed by atoms with Crippen molar-refractivity contribution in [2.75, 3.05) is 6.54 Å². The number of hydrogen-bond donors (Lipinski definition) is 1. The minimum absolute atomic E-state index is 0.300. The number of rotatable bonds is 5. The van der Waals surface area contributed by atoms with Gasteiger partial charge in [-0.05, 0) is 18.0 Å². The molecule has 0 saturated carbocycles. The van der Waals surface area contributed by atoms with Crippen molar-refractivity contribution in [3.63, 3.8) is 0 Å². The van der Waals surface area contributed by atoms with Crippen LogP contribution in [-0.2, 0) is 6.54 Å². The monoisotopic (exact) mass is 244 g/mol. The minimum Gasteiger partial charge on any atom is -0.478 e. The van der Waals surface area contributed by atoms with E-state index in [9.17, 15) is 4.79 Å². The number of carbonyl (C=O) groups is 1. The molecule has 0 aliphatic rings. The molecule has 0 aliphatic heterocycles. The number of azide groups is 1. The van der Waals surface area contributed by atoms with E-state index in [1.54, 1.807) is 12.3 Å². The Morgan fingerprint density at radius 3 is 2.94 bits per heavy atom. The van der Waals surface area contributed by atoms with Gasteiger partial charge in [-0.1, -0.05) is 23.3 Å². The third-order valence-corrected chi connectivity index (χ3v) is 2.74. The van der Waals surface area contributed by atoms with E-state index in [2.05, 4.69) is 10.0 Å². The summed E-state index contributed by atoms with van der Waals surface area (Å²) in [6.45, 7) is 1.04. The van der Waals surface area contributed by atoms with Crippen molar-refractivity contribution >= 4 is 16.9 Å². The Bertz CT molecular complexity index is 626. The number of para-hydroxylation sites is 1. The molecule has 0 saturated heterocycles. The summed E-state index contributed by atoms with van der Waals surface area (Å²) in [6, 6.07) is 7.37. The molecule has 0 aliphatic carbocycles. The van der Waals surface area contributed by atoms with Crippen molar-refractivity contribution in [1.82, 2.24) is 4.57 Å². The number of aromatic carboxylic acids is 1. The van der Waals surface area contributed by atoms with Gasteiger partial charge in [-0.15, -0.1) is 0 Å². The van der Waals surface area contributed by atoms with E-state index in [0.29, 0.717) is 25.1 Å². The number of hydrogen-bond acceptors (Lipinski definition) is 2. The molecule has 1 aromatic carbocycles. The van der Waals surface area contributed by atoms with Crippen molar-refractivity contribution in [3.8, 4) is 0 Å². The fourth-order valence-electron chi connectivity index (χ4n) is 1.96. The first kappa shape index (κ1) is 12.0. The molecule has 2 rings (SSSR count). The van der Waals surface area contributed by atoms with Crippen LogP contribution in [0.4, 0.5) is 0 Å². The average molecular weight is 244 g/mol. The Labute approximate surface area is 103 Å². The van der Waals surface area contributed by atoms with Gasteiger partial charge in [0.25, 0.3) is 0 Å². The van der Waals surface area contributed by atoms with Crippen LogP contribution in [-0.4, -0.2) is 22.2 Å². The van der Waals surface area contributed by atoms with E-state index < -0.39 is 5.97 Å². The van der Waals surface area contributed by atoms with Crippen LogP contribution in [0, 0.1) is 0 Å². The van der Waals surface area contributed by atoms with Gasteiger partial charge < -0.3 is 9.67 Å². The molecule has 6 nitrogen and oxygen atoms in total. The molecule has 6 heteroatoms. The van der Waals surface area contributed by atoms with E-state index in [0.717, 1.165) is 10.9 Å². The van der Waals surface area contributed by atoms with Gasteiger partial charge in [0.15, 0.2) is 0 Å². The fraction of sp³-hybridized carbons (Fsp3) is 0.250. The molecule has 1 heterocycles. The highest BCUT2D eigenvalue weighted by Crippen LogP contribution is 2.21. The predicted octanol–water partition coefficient (Wildman–Crippen LogP) is 3.04. The highest BCUT2D eigenvalue weighted by Gasteiger charge is 2.12. The molecule has 92 valence electrons. The Hall–Kier alpha value is -2.46. The van der Waals surface area contributed by atoms with Crippen molar-refractivity contribution < 1.29 is 9.90 Å². The van der Waals surface area contributed by atoms with Gasteiger partial charge in [0, 0.05) is 35.1 Å². The largest absolute Gasteiger partial charge is 0.478 e. The summed E-state index contributed by atoms with van der Waals surface area (Å²) in [7, 11) is 0. The summed E-state index contributed by atoms with van der Waals surface area (Å²) >= 11 is 0. The van der Waals surface area contributed by atoms with Gasteiger partial charge in [-0.2, -0.15) is 0 Å². The van der Waals surface area contributed by atoms with Crippen molar-refractivity contribution in [1.29, 1.82) is 0 Å². The van der Waals surface area contributed by atoms with Crippen molar-refractivity contribution in [3.05, 3.63) is 46.5 Å². The normalized spacial score (nSPS) is 10.2. The summed E-state index contributed by atoms with van der Waals surface area (Å²) < 4.78 is 1.88. The quantitative estimate of drug-likeness (QED) is 0.379. The van der Waals surface area contributed by atoms with Crippen LogP contribution in [0.25, 0.3) is 21.3 Å². The van der Waals surface area contributed by atoms with Gasteiger partial charge in [0.05, 0.1) is 5.56 Å². The fourth-order valence-corrected chi connectivity index (χ4v) is 1.96. The maximum Gasteiger partial charge on any atom is 0.337 e. The second-order valence-corrected chi connectivity index (χ2v) is 3.87. The molecule has 0 spiro atoms. The molecule has 1 aromatic heterocycles. The predicted molar refractivity (Wildman–Crippen MR) is 67.5 cm³/mol. The lowest BCUT2D eigenvalue weighted by Crippen LogP contribution is -1.98. The van der Waals surface area contributed by atoms with E-state index >= 15 is 0 Å². The molecular weight excluding hydrogens is 232 g/mol. The summed E-state index contributed by atoms with van der Waals surface area (Å²) in [4.78, 5) is 13.8. The minimum atomic E-state index is -0.931. The summed E-state index contributed by atoms with van der Waals surface area (Å²) in [5.74, 6) is -0.931. The Balaban J connectivity index is 2.32. The molecule has 0 amide bonds. The zero-order valence-corrected chi connectivity index (χ0v) is 9.65. The van der Waals surface area contributed by atoms with E-state index in [-0.39, 0.29) is 0 Å². The van der Waals surface area contributed by atoms with Crippen LogP contribution in [0.2, 0.25) is 0 Å². The first-order valence-electron chi connectivity index (χ1n) is 5.56. The molecule has 0 bridgehead atoms. The lowest BCUT2D eigenvalue weighted by Gasteiger charge is -2.02. The first-order valence-corrected chi connectivity index (χ1v) is 5.56. The number of carboxylic acid groups (broad SMARTS) is 1. The summed E-state index contributed by atoms with van der Waals surface area (Å²) in [5, 5.41) is 13.3. The van der Waals surface area contributed by atoms with Gasteiger partial charge in [-0.25, -0.2) is 4.79 Å². The second-order valence-electron chi connectivity index (χ2n) is 3.87. The number of aromatic nitrogens is 1. The first-order chi connectivity index (χ1) is 8.74. The van der Waals surface area contributed by atoms with Crippen LogP contribution in [0.5, 0.6) is 0 Å². The number of benzene rings is 1. The van der Waals surface area contributed by atoms with Crippen LogP contribution < -0.4 is 0 Å². The van der Waals surface area contributed by atoms with Gasteiger partial charge >= 0.3 is 5.97 Å². The molecule has 0 radical (unpaired) electrons. The zero-order valence-electron chi connectivity index (χ0n) is 9.65. The van der Waals surface area contributed by atoms with Gasteiger partial charge in [0.1, 0.15) is 0 Å². The summed E-state index contributed by atoms with van der Waals surface area (Å²) in [6.07, 6.45) is 2.31. The van der Waals surface area contributed by atoms with Gasteiger partial charge in [0.2, 0.25) is 0 Å². The van der Waals surface area contributed by atoms with Crippen molar-refractivity contribution in [2.24, 2.45) is 5.11 Å². The highest BCUT2D eigenvalue weighted by atomic mass is 16.4. The second kappa shape index (κ2) is 5.25. The van der Waals surface area contributed by atoms with Crippen LogP contribution in [0.3, 0.4) is 0 Å².